The topological polar surface area (TPSA) is 59.0 Å². The van der Waals surface area contributed by atoms with Gasteiger partial charge in [-0.1, -0.05) is 19.3 Å². The Morgan fingerprint density at radius 1 is 1.35 bits per heavy atom. The highest BCUT2D eigenvalue weighted by Crippen LogP contribution is 2.28. The van der Waals surface area contributed by atoms with Gasteiger partial charge in [-0.25, -0.2) is 0 Å². The fourth-order valence-electron chi connectivity index (χ4n) is 3.49. The molecule has 5 heteroatoms. The fourth-order valence-corrected chi connectivity index (χ4v) is 3.49. The molecule has 0 bridgehead atoms. The molecular formula is C15H24N4O. The van der Waals surface area contributed by atoms with Crippen LogP contribution in [-0.2, 0) is 11.8 Å². The van der Waals surface area contributed by atoms with Crippen LogP contribution in [0.15, 0.2) is 12.4 Å². The van der Waals surface area contributed by atoms with Gasteiger partial charge >= 0.3 is 0 Å². The second-order valence-corrected chi connectivity index (χ2v) is 6.16. The lowest BCUT2D eigenvalue weighted by Gasteiger charge is -2.25. The Kier molecular flexibility index (Phi) is 4.05. The molecule has 1 aromatic rings. The van der Waals surface area contributed by atoms with E-state index >= 15 is 0 Å². The first-order chi connectivity index (χ1) is 9.74. The van der Waals surface area contributed by atoms with Crippen LogP contribution in [0.1, 0.15) is 43.6 Å². The van der Waals surface area contributed by atoms with Gasteiger partial charge < -0.3 is 10.6 Å². The van der Waals surface area contributed by atoms with Crippen LogP contribution in [0.2, 0.25) is 0 Å². The number of hydrogen-bond donors (Lipinski definition) is 2. The molecule has 2 fully saturated rings. The Hall–Kier alpha value is -1.36. The average molecular weight is 276 g/mol. The van der Waals surface area contributed by atoms with Crippen molar-refractivity contribution in [2.75, 3.05) is 13.1 Å². The molecule has 0 radical (unpaired) electrons. The highest BCUT2D eigenvalue weighted by molar-refractivity contribution is 5.80. The molecule has 3 rings (SSSR count). The first-order valence-corrected chi connectivity index (χ1v) is 7.73. The summed E-state index contributed by atoms with van der Waals surface area (Å²) in [6.45, 7) is 1.65. The van der Waals surface area contributed by atoms with Crippen LogP contribution >= 0.6 is 0 Å². The Labute approximate surface area is 120 Å². The second kappa shape index (κ2) is 5.95. The summed E-state index contributed by atoms with van der Waals surface area (Å²) in [5, 5.41) is 10.8. The maximum absolute atomic E-state index is 12.5. The normalized spacial score (nSPS) is 27.6. The molecule has 1 amide bonds. The van der Waals surface area contributed by atoms with Crippen molar-refractivity contribution >= 4 is 5.91 Å². The molecule has 0 unspecified atom stereocenters. The van der Waals surface area contributed by atoms with Crippen LogP contribution in [-0.4, -0.2) is 34.8 Å². The number of aryl methyl sites for hydroxylation is 1. The number of carbonyl (C=O) groups is 1. The van der Waals surface area contributed by atoms with Crippen molar-refractivity contribution in [3.8, 4) is 0 Å². The summed E-state index contributed by atoms with van der Waals surface area (Å²) in [6.07, 6.45) is 10.0. The van der Waals surface area contributed by atoms with E-state index in [0.29, 0.717) is 6.04 Å². The summed E-state index contributed by atoms with van der Waals surface area (Å²) in [4.78, 5) is 12.5. The van der Waals surface area contributed by atoms with Crippen molar-refractivity contribution in [2.45, 2.75) is 44.1 Å². The van der Waals surface area contributed by atoms with Gasteiger partial charge in [0.1, 0.15) is 0 Å². The maximum Gasteiger partial charge on any atom is 0.225 e. The molecule has 2 heterocycles. The predicted octanol–water partition coefficient (Wildman–Crippen LogP) is 1.17. The van der Waals surface area contributed by atoms with E-state index in [2.05, 4.69) is 15.7 Å². The number of rotatable bonds is 3. The van der Waals surface area contributed by atoms with Gasteiger partial charge in [0.2, 0.25) is 5.91 Å². The molecule has 1 aromatic heterocycles. The van der Waals surface area contributed by atoms with Gasteiger partial charge in [-0.15, -0.1) is 0 Å². The quantitative estimate of drug-likeness (QED) is 0.871. The first-order valence-electron chi connectivity index (χ1n) is 7.73. The maximum atomic E-state index is 12.5. The first kappa shape index (κ1) is 13.6. The summed E-state index contributed by atoms with van der Waals surface area (Å²) < 4.78 is 1.81. The number of nitrogens with zero attached hydrogens (tertiary/aromatic N) is 2. The van der Waals surface area contributed by atoms with E-state index in [9.17, 15) is 4.79 Å². The van der Waals surface area contributed by atoms with Crippen molar-refractivity contribution in [3.05, 3.63) is 18.0 Å². The predicted molar refractivity (Wildman–Crippen MR) is 77.3 cm³/mol. The Morgan fingerprint density at radius 2 is 2.15 bits per heavy atom. The molecule has 2 N–H and O–H groups in total. The van der Waals surface area contributed by atoms with Crippen molar-refractivity contribution < 1.29 is 4.79 Å². The number of carbonyl (C=O) groups excluding carboxylic acids is 1. The van der Waals surface area contributed by atoms with Crippen molar-refractivity contribution in [2.24, 2.45) is 13.0 Å². The molecule has 110 valence electrons. The zero-order valence-electron chi connectivity index (χ0n) is 12.1. The Bertz CT molecular complexity index is 464. The molecule has 0 aromatic carbocycles. The van der Waals surface area contributed by atoms with Gasteiger partial charge in [0, 0.05) is 38.3 Å². The van der Waals surface area contributed by atoms with E-state index in [4.69, 9.17) is 0 Å². The summed E-state index contributed by atoms with van der Waals surface area (Å²) in [5.41, 5.74) is 1.17. The van der Waals surface area contributed by atoms with Crippen molar-refractivity contribution in [3.63, 3.8) is 0 Å². The molecule has 1 aliphatic carbocycles. The summed E-state index contributed by atoms with van der Waals surface area (Å²) in [5.74, 6) is 0.518. The van der Waals surface area contributed by atoms with Crippen LogP contribution in [0.25, 0.3) is 0 Å². The van der Waals surface area contributed by atoms with E-state index < -0.39 is 0 Å². The van der Waals surface area contributed by atoms with Gasteiger partial charge in [-0.2, -0.15) is 5.10 Å². The minimum Gasteiger partial charge on any atom is -0.353 e. The molecule has 1 saturated heterocycles. The highest BCUT2D eigenvalue weighted by Gasteiger charge is 2.35. The van der Waals surface area contributed by atoms with Crippen LogP contribution in [0.4, 0.5) is 0 Å². The van der Waals surface area contributed by atoms with E-state index in [0.717, 1.165) is 25.9 Å². The summed E-state index contributed by atoms with van der Waals surface area (Å²) in [6, 6.07) is 0.395. The molecule has 1 aliphatic heterocycles. The monoisotopic (exact) mass is 276 g/mol. The largest absolute Gasteiger partial charge is 0.353 e. The molecule has 20 heavy (non-hydrogen) atoms. The van der Waals surface area contributed by atoms with E-state index in [1.54, 1.807) is 0 Å². The lowest BCUT2D eigenvalue weighted by molar-refractivity contribution is -0.125. The summed E-state index contributed by atoms with van der Waals surface area (Å²) in [7, 11) is 1.92. The number of aromatic nitrogens is 2. The van der Waals surface area contributed by atoms with Crippen LogP contribution in [0.3, 0.4) is 0 Å². The van der Waals surface area contributed by atoms with Gasteiger partial charge in [-0.05, 0) is 18.4 Å². The minimum absolute atomic E-state index is 0.0427. The number of hydrogen-bond acceptors (Lipinski definition) is 3. The lowest BCUT2D eigenvalue weighted by Crippen LogP contribution is -2.41. The van der Waals surface area contributed by atoms with Gasteiger partial charge in [-0.3, -0.25) is 9.48 Å². The third kappa shape index (κ3) is 2.87. The van der Waals surface area contributed by atoms with Gasteiger partial charge in [0.05, 0.1) is 12.1 Å². The van der Waals surface area contributed by atoms with Crippen molar-refractivity contribution in [1.82, 2.24) is 20.4 Å². The van der Waals surface area contributed by atoms with Gasteiger partial charge in [0.25, 0.3) is 0 Å². The standard InChI is InChI=1S/C15H24N4O/c1-19-10-11(7-17-19)13-8-16-9-14(13)15(20)18-12-5-3-2-4-6-12/h7,10,12-14,16H,2-6,8-9H2,1H3,(H,18,20)/t13-,14+/m1/s1. The van der Waals surface area contributed by atoms with E-state index in [1.165, 1.54) is 24.8 Å². The Morgan fingerprint density at radius 3 is 2.85 bits per heavy atom. The number of amides is 1. The van der Waals surface area contributed by atoms with Crippen LogP contribution in [0.5, 0.6) is 0 Å². The third-order valence-electron chi connectivity index (χ3n) is 4.66. The highest BCUT2D eigenvalue weighted by atomic mass is 16.2. The SMILES string of the molecule is Cn1cc([C@H]2CNC[C@@H]2C(=O)NC2CCCCC2)cn1. The number of nitrogens with one attached hydrogen (secondary N) is 2. The fraction of sp³-hybridized carbons (Fsp3) is 0.733. The average Bonchev–Trinajstić information content (AvgIpc) is 3.08. The van der Waals surface area contributed by atoms with Gasteiger partial charge in [0.15, 0.2) is 0 Å². The lowest BCUT2D eigenvalue weighted by atomic mass is 9.89. The zero-order valence-corrected chi connectivity index (χ0v) is 12.1. The smallest absolute Gasteiger partial charge is 0.225 e. The van der Waals surface area contributed by atoms with Crippen LogP contribution < -0.4 is 10.6 Å². The van der Waals surface area contributed by atoms with Crippen molar-refractivity contribution in [1.29, 1.82) is 0 Å². The minimum atomic E-state index is 0.0427. The molecule has 5 nitrogen and oxygen atoms in total. The van der Waals surface area contributed by atoms with E-state index in [1.807, 2.05) is 24.1 Å². The molecule has 2 atom stereocenters. The zero-order chi connectivity index (χ0) is 13.9. The second-order valence-electron chi connectivity index (χ2n) is 6.16. The van der Waals surface area contributed by atoms with Crippen LogP contribution in [0, 0.1) is 5.92 Å². The molecule has 0 spiro atoms. The molecule has 2 aliphatic rings. The molecule has 1 saturated carbocycles. The Balaban J connectivity index is 1.63. The molecular weight excluding hydrogens is 252 g/mol. The summed E-state index contributed by atoms with van der Waals surface area (Å²) >= 11 is 0. The van der Waals surface area contributed by atoms with E-state index in [-0.39, 0.29) is 17.7 Å². The third-order valence-corrected chi connectivity index (χ3v) is 4.66.